The maximum atomic E-state index is 11.2. The molecule has 0 saturated carbocycles. The van der Waals surface area contributed by atoms with Gasteiger partial charge in [-0.15, -0.1) is 0 Å². The van der Waals surface area contributed by atoms with Crippen LogP contribution < -0.4 is 0 Å². The molecule has 0 unspecified atom stereocenters. The van der Waals surface area contributed by atoms with E-state index in [9.17, 15) is 13.2 Å². The van der Waals surface area contributed by atoms with E-state index in [4.69, 9.17) is 23.2 Å². The van der Waals surface area contributed by atoms with Gasteiger partial charge in [0, 0.05) is 5.02 Å². The van der Waals surface area contributed by atoms with Crippen molar-refractivity contribution in [1.82, 2.24) is 0 Å². The average Bonchev–Trinajstić information content (AvgIpc) is 2.09. The third kappa shape index (κ3) is 2.33. The van der Waals surface area contributed by atoms with Gasteiger partial charge < -0.3 is 0 Å². The lowest BCUT2D eigenvalue weighted by atomic mass is 10.4. The molecule has 7 heteroatoms. The van der Waals surface area contributed by atoms with Crippen LogP contribution in [0.2, 0.25) is 10.0 Å². The van der Waals surface area contributed by atoms with Crippen LogP contribution in [0, 0.1) is 0 Å². The maximum Gasteiger partial charge on any atom is 0.294 e. The fourth-order valence-electron chi connectivity index (χ4n) is 0.773. The normalized spacial score (nSPS) is 10.7. The molecule has 0 aliphatic carbocycles. The van der Waals surface area contributed by atoms with Gasteiger partial charge in [0.1, 0.15) is 4.90 Å². The van der Waals surface area contributed by atoms with E-state index in [2.05, 4.69) is 4.40 Å². The lowest BCUT2D eigenvalue weighted by Crippen LogP contribution is -1.97. The van der Waals surface area contributed by atoms with Gasteiger partial charge in [-0.25, -0.2) is 4.79 Å². The largest absolute Gasteiger partial charge is 0.294 e. The Kier molecular flexibility index (Phi) is 3.29. The predicted molar refractivity (Wildman–Crippen MR) is 51.8 cm³/mol. The van der Waals surface area contributed by atoms with Crippen LogP contribution >= 0.6 is 23.2 Å². The summed E-state index contributed by atoms with van der Waals surface area (Å²) < 4.78 is 25.1. The van der Waals surface area contributed by atoms with Gasteiger partial charge in [-0.3, -0.25) is 0 Å². The van der Waals surface area contributed by atoms with Gasteiger partial charge in [0.2, 0.25) is 0 Å². The predicted octanol–water partition coefficient (Wildman–Crippen LogP) is 2.02. The quantitative estimate of drug-likeness (QED) is 0.597. The highest BCUT2D eigenvalue weighted by Gasteiger charge is 2.17. The lowest BCUT2D eigenvalue weighted by molar-refractivity contribution is 0.563. The molecule has 0 fully saturated rings. The zero-order valence-electron chi connectivity index (χ0n) is 6.57. The summed E-state index contributed by atoms with van der Waals surface area (Å²) >= 11 is 11.1. The lowest BCUT2D eigenvalue weighted by Gasteiger charge is -1.99. The first-order valence-electron chi connectivity index (χ1n) is 3.26. The van der Waals surface area contributed by atoms with E-state index in [0.717, 1.165) is 12.1 Å². The number of hydrogen-bond acceptors (Lipinski definition) is 3. The van der Waals surface area contributed by atoms with E-state index >= 15 is 0 Å². The highest BCUT2D eigenvalue weighted by Crippen LogP contribution is 2.25. The number of isocyanates is 1. The molecule has 1 aromatic carbocycles. The molecule has 0 aliphatic heterocycles. The summed E-state index contributed by atoms with van der Waals surface area (Å²) in [5.74, 6) is 0. The standard InChI is InChI=1S/C7H3Cl2NO3S/c8-5-1-2-6(9)7(3-5)14(12,13)10-4-11/h1-3H. The summed E-state index contributed by atoms with van der Waals surface area (Å²) in [6.07, 6.45) is 0.938. The van der Waals surface area contributed by atoms with Crippen molar-refractivity contribution in [2.24, 2.45) is 4.40 Å². The van der Waals surface area contributed by atoms with Crippen molar-refractivity contribution < 1.29 is 13.2 Å². The molecule has 0 spiro atoms. The van der Waals surface area contributed by atoms with Gasteiger partial charge in [0.25, 0.3) is 16.1 Å². The van der Waals surface area contributed by atoms with Gasteiger partial charge >= 0.3 is 0 Å². The summed E-state index contributed by atoms with van der Waals surface area (Å²) in [4.78, 5) is 9.53. The summed E-state index contributed by atoms with van der Waals surface area (Å²) in [6.45, 7) is 0. The molecule has 0 heterocycles. The average molecular weight is 252 g/mol. The fraction of sp³-hybridized carbons (Fsp3) is 0. The van der Waals surface area contributed by atoms with E-state index in [0.29, 0.717) is 0 Å². The van der Waals surface area contributed by atoms with Gasteiger partial charge in [-0.1, -0.05) is 27.6 Å². The monoisotopic (exact) mass is 251 g/mol. The molecule has 0 bridgehead atoms. The van der Waals surface area contributed by atoms with E-state index in [-0.39, 0.29) is 14.9 Å². The van der Waals surface area contributed by atoms with E-state index in [1.165, 1.54) is 12.1 Å². The van der Waals surface area contributed by atoms with E-state index in [1.807, 2.05) is 0 Å². The Hall–Kier alpha value is -0.870. The second-order valence-electron chi connectivity index (χ2n) is 2.23. The van der Waals surface area contributed by atoms with Crippen molar-refractivity contribution in [2.75, 3.05) is 0 Å². The molecule has 0 radical (unpaired) electrons. The Balaban J connectivity index is 3.46. The molecule has 4 nitrogen and oxygen atoms in total. The number of benzene rings is 1. The molecular weight excluding hydrogens is 249 g/mol. The Morgan fingerprint density at radius 1 is 1.29 bits per heavy atom. The number of rotatable bonds is 2. The Morgan fingerprint density at radius 3 is 2.50 bits per heavy atom. The van der Waals surface area contributed by atoms with Crippen molar-refractivity contribution in [3.63, 3.8) is 0 Å². The molecule has 0 atom stereocenters. The van der Waals surface area contributed by atoms with E-state index < -0.39 is 10.0 Å². The molecule has 0 amide bonds. The van der Waals surface area contributed by atoms with Crippen LogP contribution in [-0.2, 0) is 14.8 Å². The summed E-state index contributed by atoms with van der Waals surface area (Å²) in [7, 11) is -4.08. The zero-order valence-corrected chi connectivity index (χ0v) is 8.90. The van der Waals surface area contributed by atoms with Crippen molar-refractivity contribution in [3.8, 4) is 0 Å². The van der Waals surface area contributed by atoms with Crippen LogP contribution in [0.1, 0.15) is 0 Å². The molecular formula is C7H3Cl2NO3S. The van der Waals surface area contributed by atoms with Gasteiger partial charge in [0.05, 0.1) is 5.02 Å². The maximum absolute atomic E-state index is 11.2. The van der Waals surface area contributed by atoms with E-state index in [1.54, 1.807) is 0 Å². The third-order valence-corrected chi connectivity index (χ3v) is 3.21. The minimum absolute atomic E-state index is 0.0478. The fourth-order valence-corrected chi connectivity index (χ4v) is 2.21. The molecule has 14 heavy (non-hydrogen) atoms. The zero-order chi connectivity index (χ0) is 10.8. The van der Waals surface area contributed by atoms with Crippen LogP contribution in [0.25, 0.3) is 0 Å². The SMILES string of the molecule is O=C=NS(=O)(=O)c1cc(Cl)ccc1Cl. The molecule has 74 valence electrons. The first-order chi connectivity index (χ1) is 6.47. The van der Waals surface area contributed by atoms with Crippen LogP contribution in [0.3, 0.4) is 0 Å². The number of nitrogens with zero attached hydrogens (tertiary/aromatic N) is 1. The molecule has 0 saturated heterocycles. The van der Waals surface area contributed by atoms with Gasteiger partial charge in [-0.05, 0) is 18.2 Å². The highest BCUT2D eigenvalue weighted by molar-refractivity contribution is 7.90. The number of hydrogen-bond donors (Lipinski definition) is 0. The minimum Gasteiger partial charge on any atom is -0.210 e. The van der Waals surface area contributed by atoms with Crippen molar-refractivity contribution in [1.29, 1.82) is 0 Å². The number of carbonyl (C=O) groups excluding carboxylic acids is 1. The topological polar surface area (TPSA) is 63.6 Å². The highest BCUT2D eigenvalue weighted by atomic mass is 35.5. The second-order valence-corrected chi connectivity index (χ2v) is 4.65. The number of sulfonamides is 1. The van der Waals surface area contributed by atoms with Gasteiger partial charge in [-0.2, -0.15) is 8.42 Å². The second kappa shape index (κ2) is 4.11. The number of halogens is 2. The Labute approximate surface area is 90.2 Å². The Bertz CT molecular complexity index is 506. The van der Waals surface area contributed by atoms with Crippen LogP contribution in [0.5, 0.6) is 0 Å². The molecule has 1 aromatic rings. The third-order valence-electron chi connectivity index (χ3n) is 1.33. The van der Waals surface area contributed by atoms with Crippen LogP contribution in [0.15, 0.2) is 27.5 Å². The molecule has 0 N–H and O–H groups in total. The Morgan fingerprint density at radius 2 is 1.93 bits per heavy atom. The minimum atomic E-state index is -4.08. The molecule has 1 rings (SSSR count). The smallest absolute Gasteiger partial charge is 0.210 e. The van der Waals surface area contributed by atoms with Crippen LogP contribution in [-0.4, -0.2) is 14.5 Å². The summed E-state index contributed by atoms with van der Waals surface area (Å²) in [5.41, 5.74) is 0. The first kappa shape index (κ1) is 11.2. The van der Waals surface area contributed by atoms with Crippen molar-refractivity contribution >= 4 is 39.3 Å². The molecule has 0 aliphatic rings. The van der Waals surface area contributed by atoms with Crippen molar-refractivity contribution in [3.05, 3.63) is 28.2 Å². The van der Waals surface area contributed by atoms with Crippen LogP contribution in [0.4, 0.5) is 0 Å². The summed E-state index contributed by atoms with van der Waals surface area (Å²) in [5, 5.41) is 0.141. The van der Waals surface area contributed by atoms with Crippen molar-refractivity contribution in [2.45, 2.75) is 4.90 Å². The molecule has 0 aromatic heterocycles. The summed E-state index contributed by atoms with van der Waals surface area (Å²) in [6, 6.07) is 3.84. The first-order valence-corrected chi connectivity index (χ1v) is 5.46. The van der Waals surface area contributed by atoms with Gasteiger partial charge in [0.15, 0.2) is 0 Å².